The molecular weight excluding hydrogens is 198 g/mol. The fourth-order valence-corrected chi connectivity index (χ4v) is 1.31. The molecule has 0 atom stereocenters. The monoisotopic (exact) mass is 207 g/mol. The van der Waals surface area contributed by atoms with Crippen molar-refractivity contribution in [2.75, 3.05) is 0 Å². The quantitative estimate of drug-likeness (QED) is 0.711. The van der Waals surface area contributed by atoms with Crippen molar-refractivity contribution in [2.24, 2.45) is 0 Å². The third kappa shape index (κ3) is 2.31. The fourth-order valence-electron chi connectivity index (χ4n) is 1.31. The van der Waals surface area contributed by atoms with Gasteiger partial charge in [0.1, 0.15) is 6.07 Å². The van der Waals surface area contributed by atoms with Gasteiger partial charge in [0.05, 0.1) is 11.3 Å². The molecule has 0 aliphatic carbocycles. The van der Waals surface area contributed by atoms with Crippen LogP contribution in [0, 0.1) is 11.3 Å². The predicted molar refractivity (Wildman–Crippen MR) is 62.0 cm³/mol. The highest BCUT2D eigenvalue weighted by Crippen LogP contribution is 2.14. The van der Waals surface area contributed by atoms with Gasteiger partial charge in [-0.3, -0.25) is 9.97 Å². The summed E-state index contributed by atoms with van der Waals surface area (Å²) in [5.74, 6) is 0. The Bertz CT molecular complexity index is 524. The van der Waals surface area contributed by atoms with E-state index in [0.29, 0.717) is 11.3 Å². The van der Waals surface area contributed by atoms with Crippen LogP contribution in [0.2, 0.25) is 0 Å². The highest BCUT2D eigenvalue weighted by Gasteiger charge is 2.00. The van der Waals surface area contributed by atoms with Gasteiger partial charge in [-0.25, -0.2) is 0 Å². The summed E-state index contributed by atoms with van der Waals surface area (Å²) in [4.78, 5) is 8.06. The third-order valence-corrected chi connectivity index (χ3v) is 2.08. The van der Waals surface area contributed by atoms with Crippen molar-refractivity contribution in [1.82, 2.24) is 9.97 Å². The Morgan fingerprint density at radius 2 is 1.94 bits per heavy atom. The molecule has 2 rings (SSSR count). The Kier molecular flexibility index (Phi) is 3.05. The smallest absolute Gasteiger partial charge is 0.101 e. The molecule has 0 unspecified atom stereocenters. The zero-order valence-electron chi connectivity index (χ0n) is 8.54. The fraction of sp³-hybridized carbons (Fsp3) is 0. The Morgan fingerprint density at radius 1 is 1.12 bits per heavy atom. The van der Waals surface area contributed by atoms with Crippen LogP contribution in [0.3, 0.4) is 0 Å². The largest absolute Gasteiger partial charge is 0.265 e. The van der Waals surface area contributed by atoms with E-state index in [0.717, 1.165) is 5.56 Å². The summed E-state index contributed by atoms with van der Waals surface area (Å²) in [6.45, 7) is 0. The van der Waals surface area contributed by atoms with Crippen LogP contribution in [0.25, 0.3) is 11.6 Å². The lowest BCUT2D eigenvalue weighted by atomic mass is 10.1. The SMILES string of the molecule is N#C/C(=C/c1ccncc1)c1ccccn1. The van der Waals surface area contributed by atoms with Crippen molar-refractivity contribution in [1.29, 1.82) is 5.26 Å². The first-order valence-electron chi connectivity index (χ1n) is 4.83. The molecule has 3 nitrogen and oxygen atoms in total. The van der Waals surface area contributed by atoms with Crippen LogP contribution in [0.1, 0.15) is 11.3 Å². The molecule has 0 N–H and O–H groups in total. The lowest BCUT2D eigenvalue weighted by molar-refractivity contribution is 1.28. The molecule has 0 aliphatic heterocycles. The molecule has 2 aromatic heterocycles. The topological polar surface area (TPSA) is 49.6 Å². The first kappa shape index (κ1) is 10.1. The second kappa shape index (κ2) is 4.85. The molecule has 2 aromatic rings. The number of allylic oxidation sites excluding steroid dienone is 1. The minimum Gasteiger partial charge on any atom is -0.265 e. The van der Waals surface area contributed by atoms with E-state index >= 15 is 0 Å². The van der Waals surface area contributed by atoms with Gasteiger partial charge >= 0.3 is 0 Å². The number of nitrogens with zero attached hydrogens (tertiary/aromatic N) is 3. The summed E-state index contributed by atoms with van der Waals surface area (Å²) in [7, 11) is 0. The number of pyridine rings is 2. The highest BCUT2D eigenvalue weighted by atomic mass is 14.7. The van der Waals surface area contributed by atoms with E-state index in [1.165, 1.54) is 0 Å². The summed E-state index contributed by atoms with van der Waals surface area (Å²) >= 11 is 0. The number of hydrogen-bond donors (Lipinski definition) is 0. The van der Waals surface area contributed by atoms with E-state index in [2.05, 4.69) is 16.0 Å². The number of rotatable bonds is 2. The Morgan fingerprint density at radius 3 is 2.56 bits per heavy atom. The minimum absolute atomic E-state index is 0.548. The normalized spacial score (nSPS) is 10.8. The number of hydrogen-bond acceptors (Lipinski definition) is 3. The molecule has 76 valence electrons. The number of nitriles is 1. The second-order valence-electron chi connectivity index (χ2n) is 3.17. The van der Waals surface area contributed by atoms with Crippen LogP contribution >= 0.6 is 0 Å². The maximum atomic E-state index is 9.07. The van der Waals surface area contributed by atoms with Crippen molar-refractivity contribution >= 4 is 11.6 Å². The van der Waals surface area contributed by atoms with Crippen molar-refractivity contribution < 1.29 is 0 Å². The van der Waals surface area contributed by atoms with Gasteiger partial charge in [-0.05, 0) is 35.9 Å². The van der Waals surface area contributed by atoms with Gasteiger partial charge in [-0.2, -0.15) is 5.26 Å². The maximum absolute atomic E-state index is 9.07. The zero-order chi connectivity index (χ0) is 11.2. The van der Waals surface area contributed by atoms with E-state index in [9.17, 15) is 0 Å². The van der Waals surface area contributed by atoms with E-state index in [4.69, 9.17) is 5.26 Å². The molecule has 0 aliphatic rings. The standard InChI is InChI=1S/C13H9N3/c14-10-12(13-3-1-2-6-16-13)9-11-4-7-15-8-5-11/h1-9H/b12-9-. The lowest BCUT2D eigenvalue weighted by Crippen LogP contribution is -1.85. The summed E-state index contributed by atoms with van der Waals surface area (Å²) in [5.41, 5.74) is 2.17. The van der Waals surface area contributed by atoms with Gasteiger partial charge in [0.15, 0.2) is 0 Å². The van der Waals surface area contributed by atoms with Crippen molar-refractivity contribution in [3.8, 4) is 6.07 Å². The molecule has 0 bridgehead atoms. The predicted octanol–water partition coefficient (Wildman–Crippen LogP) is 2.54. The summed E-state index contributed by atoms with van der Waals surface area (Å²) in [6, 6.07) is 11.3. The van der Waals surface area contributed by atoms with Gasteiger partial charge in [-0.1, -0.05) is 6.07 Å². The highest BCUT2D eigenvalue weighted by molar-refractivity contribution is 5.88. The molecule has 3 heteroatoms. The van der Waals surface area contributed by atoms with E-state index in [1.807, 2.05) is 30.3 Å². The minimum atomic E-state index is 0.548. The average molecular weight is 207 g/mol. The molecule has 0 radical (unpaired) electrons. The molecule has 0 saturated carbocycles. The van der Waals surface area contributed by atoms with Gasteiger partial charge in [-0.15, -0.1) is 0 Å². The van der Waals surface area contributed by atoms with E-state index in [-0.39, 0.29) is 0 Å². The average Bonchev–Trinajstić information content (AvgIpc) is 2.38. The maximum Gasteiger partial charge on any atom is 0.101 e. The summed E-state index contributed by atoms with van der Waals surface area (Å²) in [6.07, 6.45) is 6.86. The van der Waals surface area contributed by atoms with Gasteiger partial charge < -0.3 is 0 Å². The lowest BCUT2D eigenvalue weighted by Gasteiger charge is -1.97. The van der Waals surface area contributed by atoms with Gasteiger partial charge in [0.25, 0.3) is 0 Å². The molecule has 2 heterocycles. The molecule has 0 saturated heterocycles. The first-order chi connectivity index (χ1) is 7.90. The van der Waals surface area contributed by atoms with Crippen molar-refractivity contribution in [3.05, 3.63) is 60.2 Å². The van der Waals surface area contributed by atoms with Crippen molar-refractivity contribution in [2.45, 2.75) is 0 Å². The molecular formula is C13H9N3. The summed E-state index contributed by atoms with van der Waals surface area (Å²) in [5, 5.41) is 9.07. The van der Waals surface area contributed by atoms with Crippen molar-refractivity contribution in [3.63, 3.8) is 0 Å². The van der Waals surface area contributed by atoms with Gasteiger partial charge in [0.2, 0.25) is 0 Å². The van der Waals surface area contributed by atoms with Gasteiger partial charge in [0, 0.05) is 18.6 Å². The Hall–Kier alpha value is -2.47. The molecule has 0 amide bonds. The van der Waals surface area contributed by atoms with Crippen LogP contribution in [-0.2, 0) is 0 Å². The summed E-state index contributed by atoms with van der Waals surface area (Å²) < 4.78 is 0. The Balaban J connectivity index is 2.39. The molecule has 0 fully saturated rings. The molecule has 0 aromatic carbocycles. The second-order valence-corrected chi connectivity index (χ2v) is 3.17. The third-order valence-electron chi connectivity index (χ3n) is 2.08. The number of aromatic nitrogens is 2. The van der Waals surface area contributed by atoms with Crippen LogP contribution in [-0.4, -0.2) is 9.97 Å². The van der Waals surface area contributed by atoms with E-state index < -0.39 is 0 Å². The van der Waals surface area contributed by atoms with Crippen LogP contribution in [0.4, 0.5) is 0 Å². The van der Waals surface area contributed by atoms with Crippen LogP contribution in [0.5, 0.6) is 0 Å². The van der Waals surface area contributed by atoms with Crippen LogP contribution < -0.4 is 0 Å². The molecule has 0 spiro atoms. The Labute approximate surface area is 93.7 Å². The van der Waals surface area contributed by atoms with Crippen LogP contribution in [0.15, 0.2) is 48.9 Å². The van der Waals surface area contributed by atoms with E-state index in [1.54, 1.807) is 24.7 Å². The zero-order valence-corrected chi connectivity index (χ0v) is 8.54. The molecule has 16 heavy (non-hydrogen) atoms. The first-order valence-corrected chi connectivity index (χ1v) is 4.83.